The van der Waals surface area contributed by atoms with Gasteiger partial charge in [-0.15, -0.1) is 0 Å². The van der Waals surface area contributed by atoms with Gasteiger partial charge in [0.2, 0.25) is 0 Å². The number of nitrogens with one attached hydrogen (secondary N) is 1. The van der Waals surface area contributed by atoms with Gasteiger partial charge in [-0.25, -0.2) is 4.98 Å². The second-order valence-electron chi connectivity index (χ2n) is 5.69. The Morgan fingerprint density at radius 2 is 1.95 bits per heavy atom. The first-order chi connectivity index (χ1) is 9.07. The average molecular weight is 259 g/mol. The predicted octanol–water partition coefficient (Wildman–Crippen LogP) is 3.38. The van der Waals surface area contributed by atoms with E-state index in [-0.39, 0.29) is 5.54 Å². The minimum atomic E-state index is 0.211. The molecule has 0 bridgehead atoms. The van der Waals surface area contributed by atoms with Crippen molar-refractivity contribution in [1.29, 1.82) is 0 Å². The van der Waals surface area contributed by atoms with Crippen LogP contribution in [-0.2, 0) is 13.0 Å². The molecule has 0 aliphatic rings. The lowest BCUT2D eigenvalue weighted by molar-refractivity contribution is 0.368. The molecule has 0 aliphatic carbocycles. The number of imidazole rings is 1. The maximum Gasteiger partial charge on any atom is 0.109 e. The van der Waals surface area contributed by atoms with E-state index < -0.39 is 0 Å². The molecule has 104 valence electrons. The summed E-state index contributed by atoms with van der Waals surface area (Å²) < 4.78 is 2.34. The van der Waals surface area contributed by atoms with Gasteiger partial charge in [0.05, 0.1) is 11.0 Å². The molecule has 0 unspecified atom stereocenters. The summed E-state index contributed by atoms with van der Waals surface area (Å²) >= 11 is 0. The topological polar surface area (TPSA) is 29.9 Å². The lowest BCUT2D eigenvalue weighted by Crippen LogP contribution is -2.40. The SMILES string of the molecule is CCc1nc2ccccc2n1CCNC(C)(C)CC. The Kier molecular flexibility index (Phi) is 4.25. The van der Waals surface area contributed by atoms with Gasteiger partial charge in [0, 0.05) is 25.0 Å². The van der Waals surface area contributed by atoms with E-state index in [0.29, 0.717) is 0 Å². The quantitative estimate of drug-likeness (QED) is 0.862. The molecule has 0 atom stereocenters. The highest BCUT2D eigenvalue weighted by molar-refractivity contribution is 5.75. The third kappa shape index (κ3) is 3.16. The highest BCUT2D eigenvalue weighted by Crippen LogP contribution is 2.16. The predicted molar refractivity (Wildman–Crippen MR) is 81.5 cm³/mol. The highest BCUT2D eigenvalue weighted by atomic mass is 15.1. The largest absolute Gasteiger partial charge is 0.327 e. The van der Waals surface area contributed by atoms with Gasteiger partial charge in [-0.3, -0.25) is 0 Å². The molecule has 2 aromatic rings. The van der Waals surface area contributed by atoms with Crippen LogP contribution >= 0.6 is 0 Å². The molecule has 3 heteroatoms. The zero-order chi connectivity index (χ0) is 13.9. The van der Waals surface area contributed by atoms with Crippen molar-refractivity contribution in [3.8, 4) is 0 Å². The number of para-hydroxylation sites is 2. The Balaban J connectivity index is 2.15. The maximum atomic E-state index is 4.70. The third-order valence-electron chi connectivity index (χ3n) is 3.87. The second-order valence-corrected chi connectivity index (χ2v) is 5.69. The molecule has 0 saturated carbocycles. The molecular formula is C16H25N3. The average Bonchev–Trinajstić information content (AvgIpc) is 2.77. The van der Waals surface area contributed by atoms with Gasteiger partial charge in [-0.2, -0.15) is 0 Å². The van der Waals surface area contributed by atoms with Crippen LogP contribution in [-0.4, -0.2) is 21.6 Å². The van der Waals surface area contributed by atoms with E-state index in [2.05, 4.69) is 61.8 Å². The summed E-state index contributed by atoms with van der Waals surface area (Å²) in [5.74, 6) is 1.18. The monoisotopic (exact) mass is 259 g/mol. The van der Waals surface area contributed by atoms with Crippen molar-refractivity contribution in [1.82, 2.24) is 14.9 Å². The summed E-state index contributed by atoms with van der Waals surface area (Å²) in [7, 11) is 0. The highest BCUT2D eigenvalue weighted by Gasteiger charge is 2.14. The van der Waals surface area contributed by atoms with Crippen molar-refractivity contribution in [2.24, 2.45) is 0 Å². The molecular weight excluding hydrogens is 234 g/mol. The smallest absolute Gasteiger partial charge is 0.109 e. The Morgan fingerprint density at radius 1 is 1.21 bits per heavy atom. The molecule has 0 radical (unpaired) electrons. The van der Waals surface area contributed by atoms with Crippen LogP contribution in [0.3, 0.4) is 0 Å². The maximum absolute atomic E-state index is 4.70. The number of benzene rings is 1. The van der Waals surface area contributed by atoms with Crippen LogP contribution in [0.5, 0.6) is 0 Å². The molecule has 3 nitrogen and oxygen atoms in total. The number of rotatable bonds is 6. The lowest BCUT2D eigenvalue weighted by Gasteiger charge is -2.25. The summed E-state index contributed by atoms with van der Waals surface area (Å²) in [6, 6.07) is 8.39. The Hall–Kier alpha value is -1.35. The third-order valence-corrected chi connectivity index (χ3v) is 3.87. The van der Waals surface area contributed by atoms with Gasteiger partial charge < -0.3 is 9.88 Å². The molecule has 0 aliphatic heterocycles. The van der Waals surface area contributed by atoms with E-state index in [1.807, 2.05) is 0 Å². The first-order valence-electron chi connectivity index (χ1n) is 7.26. The summed E-state index contributed by atoms with van der Waals surface area (Å²) in [6.07, 6.45) is 2.12. The van der Waals surface area contributed by atoms with Crippen molar-refractivity contribution in [3.05, 3.63) is 30.1 Å². The van der Waals surface area contributed by atoms with Crippen LogP contribution in [0.1, 0.15) is 39.9 Å². The Bertz CT molecular complexity index is 540. The fourth-order valence-electron chi connectivity index (χ4n) is 2.28. The molecule has 1 heterocycles. The summed E-state index contributed by atoms with van der Waals surface area (Å²) in [6.45, 7) is 10.8. The van der Waals surface area contributed by atoms with Crippen LogP contribution in [0.2, 0.25) is 0 Å². The number of nitrogens with zero attached hydrogens (tertiary/aromatic N) is 2. The Labute approximate surface area is 116 Å². The van der Waals surface area contributed by atoms with Crippen molar-refractivity contribution < 1.29 is 0 Å². The summed E-state index contributed by atoms with van der Waals surface area (Å²) in [5, 5.41) is 3.61. The van der Waals surface area contributed by atoms with Gasteiger partial charge in [0.15, 0.2) is 0 Å². The van der Waals surface area contributed by atoms with Gasteiger partial charge in [0.1, 0.15) is 5.82 Å². The lowest BCUT2D eigenvalue weighted by atomic mass is 10.0. The number of aryl methyl sites for hydroxylation is 1. The molecule has 19 heavy (non-hydrogen) atoms. The number of hydrogen-bond acceptors (Lipinski definition) is 2. The fourth-order valence-corrected chi connectivity index (χ4v) is 2.28. The van der Waals surface area contributed by atoms with E-state index in [4.69, 9.17) is 4.98 Å². The molecule has 0 saturated heterocycles. The van der Waals surface area contributed by atoms with E-state index in [1.54, 1.807) is 0 Å². The van der Waals surface area contributed by atoms with Crippen LogP contribution in [0, 0.1) is 0 Å². The standard InChI is InChI=1S/C16H25N3/c1-5-15-18-13-9-7-8-10-14(13)19(15)12-11-17-16(3,4)6-2/h7-10,17H,5-6,11-12H2,1-4H3. The molecule has 1 N–H and O–H groups in total. The normalized spacial score (nSPS) is 12.2. The first kappa shape index (κ1) is 14.1. The van der Waals surface area contributed by atoms with Crippen molar-refractivity contribution >= 4 is 11.0 Å². The van der Waals surface area contributed by atoms with E-state index in [1.165, 1.54) is 11.3 Å². The molecule has 2 rings (SSSR count). The molecule has 1 aromatic carbocycles. The van der Waals surface area contributed by atoms with Crippen molar-refractivity contribution in [3.63, 3.8) is 0 Å². The minimum Gasteiger partial charge on any atom is -0.327 e. The zero-order valence-electron chi connectivity index (χ0n) is 12.5. The van der Waals surface area contributed by atoms with Crippen molar-refractivity contribution in [2.75, 3.05) is 6.54 Å². The van der Waals surface area contributed by atoms with Crippen LogP contribution in [0.25, 0.3) is 11.0 Å². The van der Waals surface area contributed by atoms with Gasteiger partial charge in [0.25, 0.3) is 0 Å². The van der Waals surface area contributed by atoms with Crippen LogP contribution < -0.4 is 5.32 Å². The summed E-state index contributed by atoms with van der Waals surface area (Å²) in [5.41, 5.74) is 2.56. The van der Waals surface area contributed by atoms with E-state index in [9.17, 15) is 0 Å². The molecule has 1 aromatic heterocycles. The van der Waals surface area contributed by atoms with Crippen LogP contribution in [0.4, 0.5) is 0 Å². The number of fused-ring (bicyclic) bond motifs is 1. The first-order valence-corrected chi connectivity index (χ1v) is 7.26. The number of aromatic nitrogens is 2. The van der Waals surface area contributed by atoms with Gasteiger partial charge >= 0.3 is 0 Å². The van der Waals surface area contributed by atoms with E-state index >= 15 is 0 Å². The van der Waals surface area contributed by atoms with E-state index in [0.717, 1.165) is 31.4 Å². The minimum absolute atomic E-state index is 0.211. The van der Waals surface area contributed by atoms with Gasteiger partial charge in [-0.1, -0.05) is 26.0 Å². The van der Waals surface area contributed by atoms with Crippen molar-refractivity contribution in [2.45, 2.75) is 52.6 Å². The molecule has 0 fully saturated rings. The number of hydrogen-bond donors (Lipinski definition) is 1. The fraction of sp³-hybridized carbons (Fsp3) is 0.562. The second kappa shape index (κ2) is 5.74. The zero-order valence-corrected chi connectivity index (χ0v) is 12.5. The Morgan fingerprint density at radius 3 is 2.63 bits per heavy atom. The summed E-state index contributed by atoms with van der Waals surface area (Å²) in [4.78, 5) is 4.70. The molecule has 0 amide bonds. The van der Waals surface area contributed by atoms with Gasteiger partial charge in [-0.05, 0) is 32.4 Å². The van der Waals surface area contributed by atoms with Crippen LogP contribution in [0.15, 0.2) is 24.3 Å². The molecule has 0 spiro atoms.